The molecule has 0 aliphatic carbocycles. The van der Waals surface area contributed by atoms with Crippen LogP contribution in [0.5, 0.6) is 0 Å². The minimum atomic E-state index is -0.963. The van der Waals surface area contributed by atoms with Gasteiger partial charge in [-0.25, -0.2) is 4.79 Å². The van der Waals surface area contributed by atoms with Crippen molar-refractivity contribution in [3.8, 4) is 0 Å². The van der Waals surface area contributed by atoms with Gasteiger partial charge in [0, 0.05) is 30.5 Å². The average molecular weight is 305 g/mol. The van der Waals surface area contributed by atoms with Gasteiger partial charge in [0.2, 0.25) is 0 Å². The van der Waals surface area contributed by atoms with Crippen LogP contribution >= 0.6 is 11.6 Å². The molecule has 0 atom stereocenters. The predicted molar refractivity (Wildman–Crippen MR) is 82.7 cm³/mol. The first-order valence-corrected chi connectivity index (χ1v) is 7.03. The van der Waals surface area contributed by atoms with Gasteiger partial charge in [0.05, 0.1) is 5.56 Å². The van der Waals surface area contributed by atoms with E-state index in [0.717, 1.165) is 18.5 Å². The lowest BCUT2D eigenvalue weighted by molar-refractivity contribution is 0.0697. The first-order valence-electron chi connectivity index (χ1n) is 6.65. The van der Waals surface area contributed by atoms with Crippen LogP contribution in [0.2, 0.25) is 5.02 Å². The molecular weight excluding hydrogens is 288 g/mol. The molecule has 2 aromatic rings. The Bertz CT molecular complexity index is 617. The number of carboxylic acid groups (broad SMARTS) is 1. The molecule has 0 aliphatic heterocycles. The van der Waals surface area contributed by atoms with Gasteiger partial charge in [0.15, 0.2) is 0 Å². The zero-order chi connectivity index (χ0) is 15.2. The minimum Gasteiger partial charge on any atom is -0.478 e. The Kier molecular flexibility index (Phi) is 5.31. The van der Waals surface area contributed by atoms with Crippen molar-refractivity contribution in [1.82, 2.24) is 9.88 Å². The highest BCUT2D eigenvalue weighted by Gasteiger charge is 2.09. The van der Waals surface area contributed by atoms with Crippen LogP contribution in [0.25, 0.3) is 0 Å². The molecule has 0 unspecified atom stereocenters. The third kappa shape index (κ3) is 4.55. The molecule has 0 bridgehead atoms. The highest BCUT2D eigenvalue weighted by Crippen LogP contribution is 2.19. The number of halogens is 1. The van der Waals surface area contributed by atoms with Gasteiger partial charge in [-0.3, -0.25) is 4.98 Å². The lowest BCUT2D eigenvalue weighted by atomic mass is 10.1. The lowest BCUT2D eigenvalue weighted by Crippen LogP contribution is -2.21. The maximum absolute atomic E-state index is 10.9. The second-order valence-electron chi connectivity index (χ2n) is 4.95. The third-order valence-corrected chi connectivity index (χ3v) is 3.62. The van der Waals surface area contributed by atoms with Gasteiger partial charge in [-0.15, -0.1) is 0 Å². The van der Waals surface area contributed by atoms with E-state index in [1.54, 1.807) is 24.5 Å². The van der Waals surface area contributed by atoms with Crippen LogP contribution in [0.1, 0.15) is 21.5 Å². The normalized spacial score (nSPS) is 10.8. The Labute approximate surface area is 129 Å². The number of rotatable bonds is 6. The van der Waals surface area contributed by atoms with Crippen LogP contribution in [0.4, 0.5) is 0 Å². The molecule has 1 aromatic heterocycles. The summed E-state index contributed by atoms with van der Waals surface area (Å²) >= 11 is 6.14. The van der Waals surface area contributed by atoms with Gasteiger partial charge in [-0.1, -0.05) is 17.7 Å². The Balaban J connectivity index is 1.93. The molecule has 4 nitrogen and oxygen atoms in total. The molecule has 1 aromatic carbocycles. The summed E-state index contributed by atoms with van der Waals surface area (Å²) in [6.45, 7) is 1.57. The Morgan fingerprint density at radius 1 is 1.29 bits per heavy atom. The molecule has 0 spiro atoms. The fraction of sp³-hybridized carbons (Fsp3) is 0.250. The highest BCUT2D eigenvalue weighted by molar-refractivity contribution is 6.31. The molecule has 0 radical (unpaired) electrons. The zero-order valence-corrected chi connectivity index (χ0v) is 12.5. The first-order chi connectivity index (χ1) is 10.1. The van der Waals surface area contributed by atoms with E-state index in [4.69, 9.17) is 16.7 Å². The van der Waals surface area contributed by atoms with E-state index in [1.165, 1.54) is 11.6 Å². The maximum Gasteiger partial charge on any atom is 0.335 e. The van der Waals surface area contributed by atoms with E-state index in [9.17, 15) is 4.79 Å². The van der Waals surface area contributed by atoms with Gasteiger partial charge < -0.3 is 10.0 Å². The SMILES string of the molecule is CN(CCc1ccncc1)Cc1ccc(C(=O)O)cc1Cl. The zero-order valence-electron chi connectivity index (χ0n) is 11.8. The largest absolute Gasteiger partial charge is 0.478 e. The summed E-state index contributed by atoms with van der Waals surface area (Å²) in [5.74, 6) is -0.963. The topological polar surface area (TPSA) is 53.4 Å². The number of carboxylic acids is 1. The van der Waals surface area contributed by atoms with E-state index in [0.29, 0.717) is 11.6 Å². The standard InChI is InChI=1S/C16H17ClN2O2/c1-19(9-6-12-4-7-18-8-5-12)11-14-3-2-13(16(20)21)10-15(14)17/h2-5,7-8,10H,6,9,11H2,1H3,(H,20,21). The van der Waals surface area contributed by atoms with E-state index >= 15 is 0 Å². The smallest absolute Gasteiger partial charge is 0.335 e. The quantitative estimate of drug-likeness (QED) is 0.891. The highest BCUT2D eigenvalue weighted by atomic mass is 35.5. The number of nitrogens with zero attached hydrogens (tertiary/aromatic N) is 2. The Morgan fingerprint density at radius 2 is 2.00 bits per heavy atom. The monoisotopic (exact) mass is 304 g/mol. The van der Waals surface area contributed by atoms with Crippen molar-refractivity contribution >= 4 is 17.6 Å². The Morgan fingerprint density at radius 3 is 2.62 bits per heavy atom. The summed E-state index contributed by atoms with van der Waals surface area (Å²) in [6, 6.07) is 8.86. The summed E-state index contributed by atoms with van der Waals surface area (Å²) in [5, 5.41) is 9.41. The van der Waals surface area contributed by atoms with Crippen LogP contribution in [-0.4, -0.2) is 34.6 Å². The molecule has 1 N–H and O–H groups in total. The number of likely N-dealkylation sites (N-methyl/N-ethyl adjacent to an activating group) is 1. The van der Waals surface area contributed by atoms with Gasteiger partial charge in [-0.05, 0) is 48.9 Å². The molecule has 0 saturated carbocycles. The molecular formula is C16H17ClN2O2. The summed E-state index contributed by atoms with van der Waals surface area (Å²) in [7, 11) is 2.02. The van der Waals surface area contributed by atoms with Crippen molar-refractivity contribution in [3.63, 3.8) is 0 Å². The number of hydrogen-bond acceptors (Lipinski definition) is 3. The van der Waals surface area contributed by atoms with Crippen molar-refractivity contribution in [1.29, 1.82) is 0 Å². The fourth-order valence-corrected chi connectivity index (χ4v) is 2.29. The van der Waals surface area contributed by atoms with Crippen LogP contribution in [0.15, 0.2) is 42.7 Å². The molecule has 0 saturated heterocycles. The molecule has 0 aliphatic rings. The van der Waals surface area contributed by atoms with Gasteiger partial charge in [-0.2, -0.15) is 0 Å². The molecule has 110 valence electrons. The van der Waals surface area contributed by atoms with Gasteiger partial charge >= 0.3 is 5.97 Å². The van der Waals surface area contributed by atoms with E-state index in [2.05, 4.69) is 9.88 Å². The molecule has 0 fully saturated rings. The summed E-state index contributed by atoms with van der Waals surface area (Å²) in [6.07, 6.45) is 4.51. The maximum atomic E-state index is 10.9. The van der Waals surface area contributed by atoms with Gasteiger partial charge in [0.1, 0.15) is 0 Å². The fourth-order valence-electron chi connectivity index (χ4n) is 2.05. The number of benzene rings is 1. The molecule has 2 rings (SSSR count). The third-order valence-electron chi connectivity index (χ3n) is 3.27. The molecule has 21 heavy (non-hydrogen) atoms. The van der Waals surface area contributed by atoms with E-state index in [-0.39, 0.29) is 5.56 Å². The lowest BCUT2D eigenvalue weighted by Gasteiger charge is -2.17. The Hall–Kier alpha value is -1.91. The average Bonchev–Trinajstić information content (AvgIpc) is 2.48. The summed E-state index contributed by atoms with van der Waals surface area (Å²) in [5.41, 5.74) is 2.38. The van der Waals surface area contributed by atoms with Crippen molar-refractivity contribution < 1.29 is 9.90 Å². The van der Waals surface area contributed by atoms with Crippen LogP contribution < -0.4 is 0 Å². The van der Waals surface area contributed by atoms with Crippen LogP contribution in [-0.2, 0) is 13.0 Å². The van der Waals surface area contributed by atoms with Crippen LogP contribution in [0.3, 0.4) is 0 Å². The number of aromatic nitrogens is 1. The predicted octanol–water partition coefficient (Wildman–Crippen LogP) is 3.11. The second-order valence-corrected chi connectivity index (χ2v) is 5.36. The van der Waals surface area contributed by atoms with Crippen molar-refractivity contribution in [3.05, 3.63) is 64.4 Å². The van der Waals surface area contributed by atoms with Crippen molar-refractivity contribution in [2.75, 3.05) is 13.6 Å². The number of carbonyl (C=O) groups is 1. The van der Waals surface area contributed by atoms with E-state index < -0.39 is 5.97 Å². The summed E-state index contributed by atoms with van der Waals surface area (Å²) < 4.78 is 0. The minimum absolute atomic E-state index is 0.211. The first kappa shape index (κ1) is 15.5. The molecule has 0 amide bonds. The van der Waals surface area contributed by atoms with Gasteiger partial charge in [0.25, 0.3) is 0 Å². The van der Waals surface area contributed by atoms with Crippen molar-refractivity contribution in [2.45, 2.75) is 13.0 Å². The summed E-state index contributed by atoms with van der Waals surface area (Å²) in [4.78, 5) is 17.0. The van der Waals surface area contributed by atoms with Crippen LogP contribution in [0, 0.1) is 0 Å². The van der Waals surface area contributed by atoms with Crippen molar-refractivity contribution in [2.24, 2.45) is 0 Å². The number of aromatic carboxylic acids is 1. The molecule has 5 heteroatoms. The number of pyridine rings is 1. The second kappa shape index (κ2) is 7.20. The molecule has 1 heterocycles. The van der Waals surface area contributed by atoms with E-state index in [1.807, 2.05) is 19.2 Å². The number of hydrogen-bond donors (Lipinski definition) is 1.